The Morgan fingerprint density at radius 1 is 1.22 bits per heavy atom. The van der Waals surface area contributed by atoms with Crippen LogP contribution in [0.2, 0.25) is 0 Å². The zero-order valence-corrected chi connectivity index (χ0v) is 11.4. The molecule has 0 saturated carbocycles. The molecule has 0 aromatic heterocycles. The van der Waals surface area contributed by atoms with Crippen LogP contribution in [0.5, 0.6) is 11.5 Å². The van der Waals surface area contributed by atoms with Crippen molar-refractivity contribution in [3.63, 3.8) is 0 Å². The summed E-state index contributed by atoms with van der Waals surface area (Å²) >= 11 is 0. The molecule has 0 fully saturated rings. The maximum absolute atomic E-state index is 6.00. The summed E-state index contributed by atoms with van der Waals surface area (Å²) in [5.74, 6) is 1.49. The van der Waals surface area contributed by atoms with Gasteiger partial charge in [-0.1, -0.05) is 19.1 Å². The molecule has 18 heavy (non-hydrogen) atoms. The minimum absolute atomic E-state index is 0.131. The summed E-state index contributed by atoms with van der Waals surface area (Å²) < 4.78 is 16.1. The van der Waals surface area contributed by atoms with Gasteiger partial charge in [0.25, 0.3) is 0 Å². The molecule has 2 N–H and O–H groups in total. The molecule has 1 aromatic carbocycles. The van der Waals surface area contributed by atoms with Gasteiger partial charge >= 0.3 is 0 Å². The summed E-state index contributed by atoms with van der Waals surface area (Å²) in [7, 11) is 1.60. The highest BCUT2D eigenvalue weighted by atomic mass is 16.7. The van der Waals surface area contributed by atoms with Crippen LogP contribution >= 0.6 is 0 Å². The number of methoxy groups -OCH3 is 1. The summed E-state index contributed by atoms with van der Waals surface area (Å²) in [4.78, 5) is 0. The monoisotopic (exact) mass is 253 g/mol. The molecule has 1 aromatic rings. The van der Waals surface area contributed by atoms with E-state index in [-0.39, 0.29) is 12.8 Å². The number of nitrogens with two attached hydrogens (primary N) is 1. The average Bonchev–Trinajstić information content (AvgIpc) is 2.38. The Hall–Kier alpha value is -1.26. The van der Waals surface area contributed by atoms with E-state index in [1.807, 2.05) is 25.1 Å². The molecule has 0 heterocycles. The first-order valence-corrected chi connectivity index (χ1v) is 6.34. The van der Waals surface area contributed by atoms with Gasteiger partial charge in [-0.05, 0) is 31.4 Å². The molecule has 0 aliphatic rings. The van der Waals surface area contributed by atoms with E-state index >= 15 is 0 Å². The molecular formula is C14H23NO3. The maximum atomic E-state index is 6.00. The number of ether oxygens (including phenoxy) is 3. The molecule has 1 rings (SSSR count). The molecule has 1 unspecified atom stereocenters. The number of hydrogen-bond donors (Lipinski definition) is 1. The number of para-hydroxylation sites is 1. The third kappa shape index (κ3) is 4.20. The molecule has 102 valence electrons. The molecule has 0 radical (unpaired) electrons. The smallest absolute Gasteiger partial charge is 0.188 e. The second-order valence-corrected chi connectivity index (χ2v) is 4.10. The highest BCUT2D eigenvalue weighted by Gasteiger charge is 2.13. The Balaban J connectivity index is 2.94. The Bertz CT molecular complexity index is 355. The van der Waals surface area contributed by atoms with Gasteiger partial charge in [-0.25, -0.2) is 0 Å². The van der Waals surface area contributed by atoms with E-state index < -0.39 is 0 Å². The minimum atomic E-state index is 0.131. The minimum Gasteiger partial charge on any atom is -0.490 e. The molecule has 0 saturated heterocycles. The molecular weight excluding hydrogens is 230 g/mol. The van der Waals surface area contributed by atoms with Crippen molar-refractivity contribution in [3.05, 3.63) is 23.8 Å². The number of hydrogen-bond acceptors (Lipinski definition) is 4. The van der Waals surface area contributed by atoms with Gasteiger partial charge in [0.2, 0.25) is 0 Å². The van der Waals surface area contributed by atoms with E-state index in [4.69, 9.17) is 19.9 Å². The third-order valence-corrected chi connectivity index (χ3v) is 2.69. The van der Waals surface area contributed by atoms with Crippen LogP contribution in [0.4, 0.5) is 0 Å². The summed E-state index contributed by atoms with van der Waals surface area (Å²) in [6, 6.07) is 6.01. The molecule has 0 aliphatic carbocycles. The molecule has 0 amide bonds. The maximum Gasteiger partial charge on any atom is 0.188 e. The Kier molecular flexibility index (Phi) is 6.54. The lowest BCUT2D eigenvalue weighted by atomic mass is 10.0. The lowest BCUT2D eigenvalue weighted by Crippen LogP contribution is -2.22. The lowest BCUT2D eigenvalue weighted by molar-refractivity contribution is 0.0479. The van der Waals surface area contributed by atoms with Gasteiger partial charge in [-0.2, -0.15) is 0 Å². The van der Waals surface area contributed by atoms with Crippen molar-refractivity contribution in [3.8, 4) is 11.5 Å². The lowest BCUT2D eigenvalue weighted by Gasteiger charge is -2.17. The third-order valence-electron chi connectivity index (χ3n) is 2.69. The van der Waals surface area contributed by atoms with Crippen LogP contribution in [0.3, 0.4) is 0 Å². The number of benzene rings is 1. The Morgan fingerprint density at radius 3 is 2.61 bits per heavy atom. The topological polar surface area (TPSA) is 53.7 Å². The van der Waals surface area contributed by atoms with E-state index in [0.29, 0.717) is 6.61 Å². The van der Waals surface area contributed by atoms with Crippen molar-refractivity contribution in [1.82, 2.24) is 0 Å². The largest absolute Gasteiger partial charge is 0.490 e. The zero-order valence-electron chi connectivity index (χ0n) is 11.4. The van der Waals surface area contributed by atoms with Crippen LogP contribution in [0.1, 0.15) is 25.8 Å². The second-order valence-electron chi connectivity index (χ2n) is 4.10. The van der Waals surface area contributed by atoms with Gasteiger partial charge in [0.15, 0.2) is 18.3 Å². The van der Waals surface area contributed by atoms with E-state index in [1.54, 1.807) is 7.11 Å². The summed E-state index contributed by atoms with van der Waals surface area (Å²) in [5.41, 5.74) is 7.06. The predicted molar refractivity (Wildman–Crippen MR) is 72.1 cm³/mol. The molecule has 4 heteroatoms. The van der Waals surface area contributed by atoms with Gasteiger partial charge in [0, 0.05) is 13.2 Å². The molecule has 0 spiro atoms. The van der Waals surface area contributed by atoms with Crippen molar-refractivity contribution in [2.75, 3.05) is 20.5 Å². The molecule has 4 nitrogen and oxygen atoms in total. The van der Waals surface area contributed by atoms with Gasteiger partial charge in [0.05, 0.1) is 6.61 Å². The van der Waals surface area contributed by atoms with Crippen molar-refractivity contribution >= 4 is 0 Å². The van der Waals surface area contributed by atoms with E-state index in [2.05, 4.69) is 6.92 Å². The molecule has 1 atom stereocenters. The summed E-state index contributed by atoms with van der Waals surface area (Å²) in [5, 5.41) is 0. The predicted octanol–water partition coefficient (Wildman–Crippen LogP) is 2.35. The van der Waals surface area contributed by atoms with Crippen molar-refractivity contribution in [2.45, 2.75) is 32.7 Å². The summed E-state index contributed by atoms with van der Waals surface area (Å²) in [6.45, 7) is 4.84. The standard InChI is InChI=1S/C14H23NO3/c1-4-12(15)9-11-7-6-8-13(17-5-2)14(11)18-10-16-3/h6-8,12H,4-5,9-10,15H2,1-3H3. The van der Waals surface area contributed by atoms with Gasteiger partial charge in [-0.15, -0.1) is 0 Å². The Morgan fingerprint density at radius 2 is 2.00 bits per heavy atom. The fourth-order valence-corrected chi connectivity index (χ4v) is 1.70. The normalized spacial score (nSPS) is 12.2. The molecule has 0 bridgehead atoms. The van der Waals surface area contributed by atoms with Gasteiger partial charge in [0.1, 0.15) is 0 Å². The Labute approximate surface area is 109 Å². The van der Waals surface area contributed by atoms with E-state index in [9.17, 15) is 0 Å². The van der Waals surface area contributed by atoms with Crippen LogP contribution in [-0.4, -0.2) is 26.6 Å². The van der Waals surface area contributed by atoms with Crippen molar-refractivity contribution in [1.29, 1.82) is 0 Å². The SMILES string of the molecule is CCOc1cccc(CC(N)CC)c1OCOC. The van der Waals surface area contributed by atoms with Crippen molar-refractivity contribution < 1.29 is 14.2 Å². The van der Waals surface area contributed by atoms with E-state index in [1.165, 1.54) is 0 Å². The quantitative estimate of drug-likeness (QED) is 0.723. The highest BCUT2D eigenvalue weighted by Crippen LogP contribution is 2.32. The number of rotatable bonds is 8. The van der Waals surface area contributed by atoms with E-state index in [0.717, 1.165) is 29.9 Å². The first-order valence-electron chi connectivity index (χ1n) is 6.34. The first kappa shape index (κ1) is 14.8. The van der Waals surface area contributed by atoms with Crippen molar-refractivity contribution in [2.24, 2.45) is 5.73 Å². The second kappa shape index (κ2) is 7.95. The van der Waals surface area contributed by atoms with Crippen LogP contribution in [0.25, 0.3) is 0 Å². The van der Waals surface area contributed by atoms with Crippen LogP contribution < -0.4 is 15.2 Å². The fourth-order valence-electron chi connectivity index (χ4n) is 1.70. The summed E-state index contributed by atoms with van der Waals surface area (Å²) in [6.07, 6.45) is 1.71. The fraction of sp³-hybridized carbons (Fsp3) is 0.571. The van der Waals surface area contributed by atoms with Crippen LogP contribution in [-0.2, 0) is 11.2 Å². The highest BCUT2D eigenvalue weighted by molar-refractivity contribution is 5.47. The average molecular weight is 253 g/mol. The zero-order chi connectivity index (χ0) is 13.4. The molecule has 0 aliphatic heterocycles. The van der Waals surface area contributed by atoms with Crippen LogP contribution in [0, 0.1) is 0 Å². The van der Waals surface area contributed by atoms with Gasteiger partial charge < -0.3 is 19.9 Å². The van der Waals surface area contributed by atoms with Gasteiger partial charge in [-0.3, -0.25) is 0 Å². The van der Waals surface area contributed by atoms with Crippen LogP contribution in [0.15, 0.2) is 18.2 Å². The first-order chi connectivity index (χ1) is 8.72.